The van der Waals surface area contributed by atoms with Crippen molar-refractivity contribution in [3.63, 3.8) is 0 Å². The summed E-state index contributed by atoms with van der Waals surface area (Å²) in [6.07, 6.45) is 3.01. The van der Waals surface area contributed by atoms with E-state index in [2.05, 4.69) is 26.2 Å². The zero-order chi connectivity index (χ0) is 72.7. The van der Waals surface area contributed by atoms with Crippen molar-refractivity contribution in [2.75, 3.05) is 80.5 Å². The van der Waals surface area contributed by atoms with Gasteiger partial charge in [-0.15, -0.1) is 0 Å². The molecule has 24 nitrogen and oxygen atoms in total. The first-order valence-electron chi connectivity index (χ1n) is 34.3. The number of allylic oxidation sites excluding steroid dienone is 2. The molecular weight excluding hydrogens is 1220 g/mol. The highest BCUT2D eigenvalue weighted by atomic mass is 32.2. The summed E-state index contributed by atoms with van der Waals surface area (Å²) in [5.74, 6) is -9.04. The lowest BCUT2D eigenvalue weighted by Crippen LogP contribution is -2.64. The summed E-state index contributed by atoms with van der Waals surface area (Å²) < 4.78 is 0. The predicted octanol–water partition coefficient (Wildman–Crippen LogP) is 4.71. The average Bonchev–Trinajstić information content (AvgIpc) is 0.858. The molecule has 1 rings (SSSR count). The maximum Gasteiger partial charge on any atom is 0.246 e. The van der Waals surface area contributed by atoms with Gasteiger partial charge in [0.1, 0.15) is 66.5 Å². The number of aliphatic hydroxyl groups is 1. The molecule has 0 aliphatic carbocycles. The number of amides is 11. The molecule has 0 unspecified atom stereocenters. The first kappa shape index (κ1) is 86.2. The van der Waals surface area contributed by atoms with E-state index >= 15 is 28.8 Å². The second-order valence-electron chi connectivity index (χ2n) is 28.4. The maximum absolute atomic E-state index is 15.4. The molecule has 0 aromatic carbocycles. The van der Waals surface area contributed by atoms with Gasteiger partial charge in [0.2, 0.25) is 65.0 Å². The molecule has 11 amide bonds. The molecule has 540 valence electrons. The van der Waals surface area contributed by atoms with Crippen molar-refractivity contribution < 1.29 is 57.8 Å². The van der Waals surface area contributed by atoms with Gasteiger partial charge in [0.15, 0.2) is 0 Å². The second-order valence-corrected chi connectivity index (χ2v) is 29.6. The Morgan fingerprint density at radius 3 is 1.31 bits per heavy atom. The molecule has 13 atom stereocenters. The van der Waals surface area contributed by atoms with E-state index in [1.807, 2.05) is 82.2 Å². The van der Waals surface area contributed by atoms with Crippen LogP contribution in [0.5, 0.6) is 0 Å². The highest BCUT2D eigenvalue weighted by molar-refractivity contribution is 7.99. The lowest BCUT2D eigenvalue weighted by molar-refractivity contribution is -0.157. The number of hydrogen-bond acceptors (Lipinski definition) is 14. The van der Waals surface area contributed by atoms with E-state index < -0.39 is 155 Å². The predicted molar refractivity (Wildman–Crippen MR) is 372 cm³/mol. The topological polar surface area (TPSA) is 282 Å². The Morgan fingerprint density at radius 2 is 0.862 bits per heavy atom. The van der Waals surface area contributed by atoms with Crippen LogP contribution in [0.1, 0.15) is 170 Å². The van der Waals surface area contributed by atoms with Crippen molar-refractivity contribution in [3.05, 3.63) is 12.2 Å². The molecule has 0 spiro atoms. The zero-order valence-corrected chi connectivity index (χ0v) is 63.1. The van der Waals surface area contributed by atoms with Crippen molar-refractivity contribution in [1.82, 2.24) is 60.5 Å². The van der Waals surface area contributed by atoms with Crippen molar-refractivity contribution in [1.29, 1.82) is 0 Å². The van der Waals surface area contributed by atoms with E-state index in [-0.39, 0.29) is 61.5 Å². The van der Waals surface area contributed by atoms with Crippen LogP contribution >= 0.6 is 11.8 Å². The fourth-order valence-electron chi connectivity index (χ4n) is 11.9. The number of thioether (sulfide) groups is 1. The number of aliphatic hydroxyl groups excluding tert-OH is 1. The maximum atomic E-state index is 15.4. The second kappa shape index (κ2) is 40.7. The molecule has 5 N–H and O–H groups in total. The number of carbonyl (C=O) groups excluding carboxylic acids is 11. The van der Waals surface area contributed by atoms with Gasteiger partial charge in [-0.25, -0.2) is 0 Å². The molecule has 25 heteroatoms. The van der Waals surface area contributed by atoms with E-state index in [0.717, 1.165) is 18.0 Å². The first-order valence-corrected chi connectivity index (χ1v) is 35.4. The summed E-state index contributed by atoms with van der Waals surface area (Å²) >= 11 is 1.44. The summed E-state index contributed by atoms with van der Waals surface area (Å²) in [7, 11) is 10.1. The zero-order valence-electron chi connectivity index (χ0n) is 62.3. The van der Waals surface area contributed by atoms with E-state index in [4.69, 9.17) is 0 Å². The number of carbonyl (C=O) groups is 11. The highest BCUT2D eigenvalue weighted by Gasteiger charge is 2.46. The van der Waals surface area contributed by atoms with Gasteiger partial charge in [-0.1, -0.05) is 123 Å². The molecule has 1 fully saturated rings. The van der Waals surface area contributed by atoms with E-state index in [0.29, 0.717) is 18.7 Å². The molecule has 1 saturated heterocycles. The van der Waals surface area contributed by atoms with Crippen LogP contribution in [-0.4, -0.2) is 262 Å². The SMILES string of the molecule is C/C=C/C[C@@H](C)[C@@H](O)[C@H]1C(=O)N[C@@H](CC)C(=O)N(C)[C@H](CSCCN(CC)CC)C(=O)N(C)[C@@H](CC(C)C)C(=O)N[C@@H](C(C)C)C(=O)N(C)[C@@H](CC(C)C)C(=O)N[C@@H](C)C(=O)N[C@H](C)C(=O)N(C)[C@@H](CC(C)C)C(=O)N(C)[C@@H](CC(C)C)C(=O)N(C)[C@@H](C(C)C)C(=O)N1C. The average molecular weight is 1350 g/mol. The third-order valence-electron chi connectivity index (χ3n) is 18.1. The number of hydrogen-bond donors (Lipinski definition) is 5. The van der Waals surface area contributed by atoms with Crippen molar-refractivity contribution in [2.45, 2.75) is 243 Å². The van der Waals surface area contributed by atoms with Crippen LogP contribution in [0.3, 0.4) is 0 Å². The molecule has 1 heterocycles. The third-order valence-corrected chi connectivity index (χ3v) is 19.1. The Labute approximate surface area is 569 Å². The van der Waals surface area contributed by atoms with Gasteiger partial charge in [-0.2, -0.15) is 11.8 Å². The first-order chi connectivity index (χ1) is 43.6. The standard InChI is InChI=1S/C69H126N12O12S/c1-27-31-32-46(17)58(82)57-62(86)72-49(28-2)64(88)78(24)54(39-94-34-33-81(29-3)30-4)67(91)74(20)51(36-41(7)8)61(85)73-55(44(13)14)68(92)75(21)50(35-40(5)6)60(84)70-47(18)59(83)71-48(19)63(87)76(22)52(37-42(9)10)65(89)77(23)53(38-43(11)12)66(90)79(25)56(45(15)16)69(93)80(57)26/h27,31,40-58,82H,28-30,32-39H2,1-26H3,(H,70,84)(H,71,83)(H,72,86)(H,73,85)/b31-27+/t46-,47+,48-,49+,50+,51+,52+,53+,54-,55+,56+,57+,58-/m1/s1. The lowest BCUT2D eigenvalue weighted by atomic mass is 9.91. The number of nitrogens with one attached hydrogen (secondary N) is 4. The van der Waals surface area contributed by atoms with Crippen LogP contribution in [-0.2, 0) is 52.7 Å². The molecular formula is C69H126N12O12S. The lowest BCUT2D eigenvalue weighted by Gasteiger charge is -2.41. The summed E-state index contributed by atoms with van der Waals surface area (Å²) in [6.45, 7) is 36.5. The quantitative estimate of drug-likeness (QED) is 0.0726. The summed E-state index contributed by atoms with van der Waals surface area (Å²) in [4.78, 5) is 175. The van der Waals surface area contributed by atoms with Gasteiger partial charge in [0, 0.05) is 67.4 Å². The van der Waals surface area contributed by atoms with Gasteiger partial charge >= 0.3 is 0 Å². The summed E-state index contributed by atoms with van der Waals surface area (Å²) in [5.41, 5.74) is 0. The van der Waals surface area contributed by atoms with Gasteiger partial charge in [0.05, 0.1) is 6.10 Å². The van der Waals surface area contributed by atoms with Crippen LogP contribution in [0.25, 0.3) is 0 Å². The van der Waals surface area contributed by atoms with Gasteiger partial charge < -0.3 is 65.6 Å². The van der Waals surface area contributed by atoms with Crippen molar-refractivity contribution >= 4 is 76.7 Å². The molecule has 1 aliphatic heterocycles. The van der Waals surface area contributed by atoms with E-state index in [9.17, 15) is 29.1 Å². The molecule has 1 aliphatic rings. The molecule has 0 aromatic rings. The van der Waals surface area contributed by atoms with Crippen LogP contribution < -0.4 is 21.3 Å². The van der Waals surface area contributed by atoms with Gasteiger partial charge in [0.25, 0.3) is 0 Å². The van der Waals surface area contributed by atoms with Crippen molar-refractivity contribution in [2.24, 2.45) is 41.4 Å². The summed E-state index contributed by atoms with van der Waals surface area (Å²) in [6, 6.07) is -13.7. The minimum atomic E-state index is -1.63. The van der Waals surface area contributed by atoms with Crippen molar-refractivity contribution in [3.8, 4) is 0 Å². The number of nitrogens with zero attached hydrogens (tertiary/aromatic N) is 8. The fraction of sp³-hybridized carbons (Fsp3) is 0.812. The van der Waals surface area contributed by atoms with Crippen LogP contribution in [0.15, 0.2) is 12.2 Å². The monoisotopic (exact) mass is 1350 g/mol. The fourth-order valence-corrected chi connectivity index (χ4v) is 13.1. The van der Waals surface area contributed by atoms with Crippen LogP contribution in [0, 0.1) is 41.4 Å². The normalized spacial score (nSPS) is 26.3. The molecule has 0 aromatic heterocycles. The number of likely N-dealkylation sites (N-methyl/N-ethyl adjacent to an activating group) is 7. The highest BCUT2D eigenvalue weighted by Crippen LogP contribution is 2.26. The summed E-state index contributed by atoms with van der Waals surface area (Å²) in [5, 5.41) is 23.5. The minimum absolute atomic E-state index is 0.0108. The van der Waals surface area contributed by atoms with Gasteiger partial charge in [-0.05, 0) is 114 Å². The van der Waals surface area contributed by atoms with Crippen LogP contribution in [0.4, 0.5) is 0 Å². The molecule has 0 saturated carbocycles. The Hall–Kier alpha value is -5.82. The molecule has 94 heavy (non-hydrogen) atoms. The Bertz CT molecular complexity index is 2530. The minimum Gasteiger partial charge on any atom is -0.390 e. The van der Waals surface area contributed by atoms with E-state index in [1.165, 1.54) is 104 Å². The smallest absolute Gasteiger partial charge is 0.246 e. The third kappa shape index (κ3) is 24.7. The van der Waals surface area contributed by atoms with E-state index in [1.54, 1.807) is 47.6 Å². The largest absolute Gasteiger partial charge is 0.390 e. The number of rotatable bonds is 22. The Kier molecular flexibility index (Phi) is 37.3. The Balaban J connectivity index is 4.55. The molecule has 0 radical (unpaired) electrons. The van der Waals surface area contributed by atoms with Crippen LogP contribution in [0.2, 0.25) is 0 Å². The Morgan fingerprint density at radius 1 is 0.457 bits per heavy atom. The van der Waals surface area contributed by atoms with Gasteiger partial charge in [-0.3, -0.25) is 52.7 Å². The molecule has 0 bridgehead atoms.